The molecule has 18 heavy (non-hydrogen) atoms. The van der Waals surface area contributed by atoms with Gasteiger partial charge in [-0.05, 0) is 22.6 Å². The van der Waals surface area contributed by atoms with Crippen LogP contribution >= 0.6 is 0 Å². The lowest BCUT2D eigenvalue weighted by atomic mass is 9.99. The van der Waals surface area contributed by atoms with Crippen LogP contribution in [0.4, 0.5) is 0 Å². The fourth-order valence-corrected chi connectivity index (χ4v) is 2.12. The lowest BCUT2D eigenvalue weighted by molar-refractivity contribution is 0.112. The molecule has 0 spiro atoms. The van der Waals surface area contributed by atoms with Crippen molar-refractivity contribution in [3.8, 4) is 11.1 Å². The fraction of sp³-hybridized carbons (Fsp3) is 0. The van der Waals surface area contributed by atoms with Crippen LogP contribution < -0.4 is 0 Å². The third-order valence-corrected chi connectivity index (χ3v) is 3.04. The second-order valence-electron chi connectivity index (χ2n) is 4.14. The molecule has 0 aliphatic heterocycles. The molecule has 1 aromatic heterocycles. The Morgan fingerprint density at radius 1 is 0.944 bits per heavy atom. The van der Waals surface area contributed by atoms with E-state index in [1.807, 2.05) is 48.7 Å². The second-order valence-corrected chi connectivity index (χ2v) is 4.14. The normalized spacial score (nSPS) is 10.4. The van der Waals surface area contributed by atoms with Crippen molar-refractivity contribution in [2.75, 3.05) is 0 Å². The maximum absolute atomic E-state index is 10.7. The molecule has 0 unspecified atom stereocenters. The summed E-state index contributed by atoms with van der Waals surface area (Å²) in [6.45, 7) is 0. The largest absolute Gasteiger partial charge is 0.298 e. The Kier molecular flexibility index (Phi) is 2.61. The van der Waals surface area contributed by atoms with Gasteiger partial charge in [0.05, 0.1) is 0 Å². The van der Waals surface area contributed by atoms with Crippen molar-refractivity contribution >= 4 is 17.1 Å². The predicted octanol–water partition coefficient (Wildman–Crippen LogP) is 3.71. The van der Waals surface area contributed by atoms with Crippen LogP contribution in [0.25, 0.3) is 21.9 Å². The topological polar surface area (TPSA) is 30.0 Å². The predicted molar refractivity (Wildman–Crippen MR) is 72.6 cm³/mol. The Labute approximate surface area is 105 Å². The molecule has 1 heterocycles. The number of carbonyl (C=O) groups excluding carboxylic acids is 1. The minimum absolute atomic E-state index is 0.695. The number of nitrogens with zero attached hydrogens (tertiary/aromatic N) is 1. The van der Waals surface area contributed by atoms with Crippen molar-refractivity contribution in [1.82, 2.24) is 4.98 Å². The van der Waals surface area contributed by atoms with Crippen LogP contribution in [0.3, 0.4) is 0 Å². The number of fused-ring (bicyclic) bond motifs is 1. The summed E-state index contributed by atoms with van der Waals surface area (Å²) in [5.41, 5.74) is 2.96. The van der Waals surface area contributed by atoms with E-state index in [9.17, 15) is 4.79 Å². The number of benzene rings is 2. The summed E-state index contributed by atoms with van der Waals surface area (Å²) in [5.74, 6) is 0. The third kappa shape index (κ3) is 1.78. The molecule has 0 aliphatic carbocycles. The molecule has 0 fully saturated rings. The third-order valence-electron chi connectivity index (χ3n) is 3.04. The maximum Gasteiger partial charge on any atom is 0.150 e. The van der Waals surface area contributed by atoms with Gasteiger partial charge in [0.25, 0.3) is 0 Å². The zero-order valence-corrected chi connectivity index (χ0v) is 9.71. The van der Waals surface area contributed by atoms with Gasteiger partial charge in [0.15, 0.2) is 0 Å². The zero-order chi connectivity index (χ0) is 12.4. The van der Waals surface area contributed by atoms with Crippen molar-refractivity contribution in [3.63, 3.8) is 0 Å². The monoisotopic (exact) mass is 233 g/mol. The molecular formula is C16H11NO. The zero-order valence-electron chi connectivity index (χ0n) is 9.71. The fourth-order valence-electron chi connectivity index (χ4n) is 2.12. The van der Waals surface area contributed by atoms with Gasteiger partial charge < -0.3 is 0 Å². The van der Waals surface area contributed by atoms with Crippen LogP contribution in [0.5, 0.6) is 0 Å². The van der Waals surface area contributed by atoms with E-state index < -0.39 is 0 Å². The van der Waals surface area contributed by atoms with Gasteiger partial charge in [-0.25, -0.2) is 0 Å². The molecule has 0 aliphatic rings. The van der Waals surface area contributed by atoms with Gasteiger partial charge in [-0.1, -0.05) is 42.5 Å². The first-order valence-corrected chi connectivity index (χ1v) is 5.77. The number of rotatable bonds is 2. The van der Waals surface area contributed by atoms with E-state index in [1.165, 1.54) is 5.39 Å². The van der Waals surface area contributed by atoms with Gasteiger partial charge >= 0.3 is 0 Å². The van der Waals surface area contributed by atoms with E-state index >= 15 is 0 Å². The average molecular weight is 233 g/mol. The van der Waals surface area contributed by atoms with E-state index in [1.54, 1.807) is 6.20 Å². The highest BCUT2D eigenvalue weighted by molar-refractivity contribution is 5.96. The highest BCUT2D eigenvalue weighted by atomic mass is 16.1. The van der Waals surface area contributed by atoms with Crippen LogP contribution in [0.2, 0.25) is 0 Å². The number of carbonyl (C=O) groups is 1. The summed E-state index contributed by atoms with van der Waals surface area (Å²) < 4.78 is 0. The van der Waals surface area contributed by atoms with Gasteiger partial charge in [0.2, 0.25) is 0 Å². The lowest BCUT2D eigenvalue weighted by Crippen LogP contribution is -1.84. The molecule has 86 valence electrons. The first-order chi connectivity index (χ1) is 8.88. The molecule has 3 rings (SSSR count). The molecule has 2 aromatic carbocycles. The van der Waals surface area contributed by atoms with E-state index in [-0.39, 0.29) is 0 Å². The molecular weight excluding hydrogens is 222 g/mol. The highest BCUT2D eigenvalue weighted by Crippen LogP contribution is 2.27. The van der Waals surface area contributed by atoms with Gasteiger partial charge in [-0.15, -0.1) is 0 Å². The molecule has 0 saturated heterocycles. The molecule has 3 aromatic rings. The molecule has 0 radical (unpaired) electrons. The SMILES string of the molecule is O=Cc1ccc(-c2cccc3cnccc23)cc1. The van der Waals surface area contributed by atoms with E-state index in [2.05, 4.69) is 11.1 Å². The Balaban J connectivity index is 2.21. The molecule has 0 bridgehead atoms. The number of aromatic nitrogens is 1. The van der Waals surface area contributed by atoms with Crippen molar-refractivity contribution in [3.05, 3.63) is 66.5 Å². The smallest absolute Gasteiger partial charge is 0.150 e. The van der Waals surface area contributed by atoms with E-state index in [0.29, 0.717) is 5.56 Å². The first kappa shape index (κ1) is 10.7. The van der Waals surface area contributed by atoms with Crippen molar-refractivity contribution in [2.24, 2.45) is 0 Å². The van der Waals surface area contributed by atoms with Crippen molar-refractivity contribution in [1.29, 1.82) is 0 Å². The molecule has 0 N–H and O–H groups in total. The van der Waals surface area contributed by atoms with Gasteiger partial charge in [-0.2, -0.15) is 0 Å². The highest BCUT2D eigenvalue weighted by Gasteiger charge is 2.03. The summed E-state index contributed by atoms with van der Waals surface area (Å²) in [5, 5.41) is 2.29. The van der Waals surface area contributed by atoms with Crippen LogP contribution in [-0.2, 0) is 0 Å². The number of pyridine rings is 1. The van der Waals surface area contributed by atoms with Crippen LogP contribution in [0, 0.1) is 0 Å². The van der Waals surface area contributed by atoms with Crippen LogP contribution in [0.15, 0.2) is 60.9 Å². The number of aldehydes is 1. The summed E-state index contributed by atoms with van der Waals surface area (Å²) >= 11 is 0. The number of hydrogen-bond donors (Lipinski definition) is 0. The quantitative estimate of drug-likeness (QED) is 0.631. The molecule has 0 amide bonds. The van der Waals surface area contributed by atoms with Crippen LogP contribution in [0.1, 0.15) is 10.4 Å². The molecule has 2 nitrogen and oxygen atoms in total. The standard InChI is InChI=1S/C16H11NO/c18-11-12-4-6-13(7-5-12)15-3-1-2-14-10-17-9-8-16(14)15/h1-11H. The summed E-state index contributed by atoms with van der Waals surface area (Å²) in [7, 11) is 0. The van der Waals surface area contributed by atoms with E-state index in [4.69, 9.17) is 0 Å². The Hall–Kier alpha value is -2.48. The van der Waals surface area contributed by atoms with Crippen LogP contribution in [-0.4, -0.2) is 11.3 Å². The molecule has 0 atom stereocenters. The molecule has 2 heteroatoms. The minimum Gasteiger partial charge on any atom is -0.298 e. The average Bonchev–Trinajstić information content (AvgIpc) is 2.47. The first-order valence-electron chi connectivity index (χ1n) is 5.77. The minimum atomic E-state index is 0.695. The summed E-state index contributed by atoms with van der Waals surface area (Å²) in [4.78, 5) is 14.8. The Morgan fingerprint density at radius 2 is 1.78 bits per heavy atom. The molecule has 0 saturated carbocycles. The Bertz CT molecular complexity index is 696. The van der Waals surface area contributed by atoms with Gasteiger partial charge in [-0.3, -0.25) is 9.78 Å². The number of hydrogen-bond acceptors (Lipinski definition) is 2. The lowest BCUT2D eigenvalue weighted by Gasteiger charge is -2.06. The summed E-state index contributed by atoms with van der Waals surface area (Å²) in [6, 6.07) is 15.8. The van der Waals surface area contributed by atoms with Crippen molar-refractivity contribution in [2.45, 2.75) is 0 Å². The Morgan fingerprint density at radius 3 is 2.56 bits per heavy atom. The second kappa shape index (κ2) is 4.41. The van der Waals surface area contributed by atoms with Gasteiger partial charge in [0.1, 0.15) is 6.29 Å². The maximum atomic E-state index is 10.7. The van der Waals surface area contributed by atoms with E-state index in [0.717, 1.165) is 22.8 Å². The summed E-state index contributed by atoms with van der Waals surface area (Å²) in [6.07, 6.45) is 4.51. The van der Waals surface area contributed by atoms with Gasteiger partial charge in [0, 0.05) is 23.3 Å². The van der Waals surface area contributed by atoms with Crippen molar-refractivity contribution < 1.29 is 4.79 Å².